The number of thiol groups is 1. The van der Waals surface area contributed by atoms with Gasteiger partial charge in [-0.3, -0.25) is 14.4 Å². The number of allylic oxidation sites excluding steroid dienone is 1. The molecule has 6 N–H and O–H groups in total. The summed E-state index contributed by atoms with van der Waals surface area (Å²) in [6.45, 7) is 11.7. The lowest BCUT2D eigenvalue weighted by Gasteiger charge is -2.12. The lowest BCUT2D eigenvalue weighted by atomic mass is 9.91. The van der Waals surface area contributed by atoms with E-state index in [9.17, 15) is 24.6 Å². The maximum absolute atomic E-state index is 12.6. The number of hydrogen-bond donors (Lipinski definition) is 6. The minimum Gasteiger partial charge on any atom is -0.481 e. The molecule has 4 aliphatic heterocycles. The number of carbonyl (C=O) groups excluding carboxylic acids is 2. The molecule has 45 heavy (non-hydrogen) atoms. The molecule has 6 rings (SSSR count). The molecule has 0 aliphatic carbocycles. The van der Waals surface area contributed by atoms with E-state index in [0.717, 1.165) is 62.1 Å². The predicted octanol–water partition coefficient (Wildman–Crippen LogP) is 2.57. The highest BCUT2D eigenvalue weighted by atomic mass is 32.2. The van der Waals surface area contributed by atoms with E-state index in [1.807, 2.05) is 33.8 Å². The van der Waals surface area contributed by atoms with Gasteiger partial charge in [0.1, 0.15) is 0 Å². The number of aromatic amines is 2. The number of nitrogens with one attached hydrogen (secondary N) is 4. The zero-order valence-electron chi connectivity index (χ0n) is 26.0. The first-order valence-electron chi connectivity index (χ1n) is 15.4. The van der Waals surface area contributed by atoms with Crippen molar-refractivity contribution in [3.05, 3.63) is 74.5 Å². The van der Waals surface area contributed by atoms with Crippen molar-refractivity contribution in [1.29, 1.82) is 0 Å². The molecule has 0 unspecified atom stereocenters. The van der Waals surface area contributed by atoms with E-state index in [2.05, 4.69) is 27.2 Å². The van der Waals surface area contributed by atoms with E-state index < -0.39 is 11.9 Å². The molecule has 4 aliphatic rings. The first-order chi connectivity index (χ1) is 21.4. The Hall–Kier alpha value is -3.58. The number of carbonyl (C=O) groups is 3. The van der Waals surface area contributed by atoms with Crippen LogP contribution < -0.4 is 10.6 Å². The van der Waals surface area contributed by atoms with Gasteiger partial charge in [0.05, 0.1) is 12.0 Å². The third-order valence-corrected chi connectivity index (χ3v) is 10.9. The molecule has 3 saturated heterocycles. The van der Waals surface area contributed by atoms with Crippen molar-refractivity contribution in [2.45, 2.75) is 83.5 Å². The number of amides is 2. The molecule has 0 radical (unpaired) electrons. The Morgan fingerprint density at radius 1 is 1.09 bits per heavy atom. The van der Waals surface area contributed by atoms with Gasteiger partial charge in [-0.05, 0) is 79.3 Å². The average Bonchev–Trinajstić information content (AvgIpc) is 3.86. The highest BCUT2D eigenvalue weighted by Gasteiger charge is 2.52. The zero-order chi connectivity index (χ0) is 32.2. The van der Waals surface area contributed by atoms with Crippen LogP contribution in [0.3, 0.4) is 0 Å². The van der Waals surface area contributed by atoms with Crippen LogP contribution in [-0.2, 0) is 61.6 Å². The fourth-order valence-corrected chi connectivity index (χ4v) is 7.89. The molecule has 6 heterocycles. The quantitative estimate of drug-likeness (QED) is 0.0848. The van der Waals surface area contributed by atoms with Crippen LogP contribution in [0.1, 0.15) is 71.7 Å². The maximum Gasteiger partial charge on any atom is 0.338 e. The second-order valence-electron chi connectivity index (χ2n) is 12.6. The van der Waals surface area contributed by atoms with Crippen molar-refractivity contribution in [3.8, 4) is 0 Å². The number of carboxylic acid groups (broad SMARTS) is 1. The van der Waals surface area contributed by atoms with Crippen LogP contribution in [0, 0.1) is 25.7 Å². The molecular formula is C33H41N4O7S+. The van der Waals surface area contributed by atoms with Crippen LogP contribution in [0.5, 0.6) is 0 Å². The van der Waals surface area contributed by atoms with Crippen LogP contribution in [0.25, 0.3) is 6.08 Å². The number of aliphatic carboxylic acids is 1. The summed E-state index contributed by atoms with van der Waals surface area (Å²) in [4.78, 5) is 53.4. The largest absolute Gasteiger partial charge is 0.481 e. The molecule has 240 valence electrons. The summed E-state index contributed by atoms with van der Waals surface area (Å²) in [7, 11) is 0. The molecule has 2 amide bonds. The summed E-state index contributed by atoms with van der Waals surface area (Å²) in [5.41, 5.74) is 10.0. The van der Waals surface area contributed by atoms with Crippen LogP contribution in [-0.4, -0.2) is 61.0 Å². The molecule has 11 nitrogen and oxygen atoms in total. The Morgan fingerprint density at radius 3 is 2.40 bits per heavy atom. The third kappa shape index (κ3) is 6.29. The lowest BCUT2D eigenvalue weighted by molar-refractivity contribution is -0.137. The Bertz CT molecular complexity index is 1640. The minimum absolute atomic E-state index is 0.0126. The summed E-state index contributed by atoms with van der Waals surface area (Å²) < 4.78 is 0. The second-order valence-corrected chi connectivity index (χ2v) is 14.0. The number of rotatable bonds is 13. The van der Waals surface area contributed by atoms with Crippen LogP contribution in [0.4, 0.5) is 0 Å². The van der Waals surface area contributed by atoms with Crippen LogP contribution in [0.15, 0.2) is 29.5 Å². The standard InChI is InChI=1S/C33H40N4O7S/c1-6-19-15(2)24(36-32(19)41)11-22-17(4)21(9-10-33(42)43-44-33)26(34-22)13-25-20(7-8-29(38)39)16(3)23(35-25)12-27-30(28-14-45-28)18(5)31(40)37-27/h6,12,18,24,28,30,34-35,42H,1,7-11,13-14H2,2-5H3,(H,36,41)(H,37,40)(H,38,39)/p+1/b27-12-/t18-,24-,28-,30-/m1/s1. The van der Waals surface area contributed by atoms with Gasteiger partial charge in [0.15, 0.2) is 11.0 Å². The zero-order valence-corrected chi connectivity index (χ0v) is 26.9. The van der Waals surface area contributed by atoms with Gasteiger partial charge in [-0.2, -0.15) is 9.78 Å². The van der Waals surface area contributed by atoms with E-state index in [1.54, 1.807) is 6.08 Å². The van der Waals surface area contributed by atoms with Gasteiger partial charge in [0.25, 0.3) is 5.91 Å². The number of aliphatic hydroxyl groups is 1. The number of carboxylic acids is 1. The maximum atomic E-state index is 12.6. The van der Waals surface area contributed by atoms with Crippen molar-refractivity contribution < 1.29 is 34.4 Å². The summed E-state index contributed by atoms with van der Waals surface area (Å²) in [6, 6.07) is -0.178. The monoisotopic (exact) mass is 637 g/mol. The molecule has 3 fully saturated rings. The van der Waals surface area contributed by atoms with Crippen molar-refractivity contribution in [1.82, 2.24) is 20.6 Å². The molecule has 0 saturated carbocycles. The minimum atomic E-state index is -1.59. The second kappa shape index (κ2) is 12.0. The predicted molar refractivity (Wildman–Crippen MR) is 170 cm³/mol. The van der Waals surface area contributed by atoms with E-state index in [1.165, 1.54) is 11.8 Å². The van der Waals surface area contributed by atoms with Crippen molar-refractivity contribution in [3.63, 3.8) is 0 Å². The topological polar surface area (TPSA) is 172 Å². The molecule has 0 aromatic carbocycles. The van der Waals surface area contributed by atoms with E-state index in [4.69, 9.17) is 9.78 Å². The van der Waals surface area contributed by atoms with Gasteiger partial charge in [-0.25, -0.2) is 0 Å². The molecule has 2 aromatic rings. The van der Waals surface area contributed by atoms with E-state index >= 15 is 0 Å². The van der Waals surface area contributed by atoms with Gasteiger partial charge in [0, 0.05) is 65.6 Å². The van der Waals surface area contributed by atoms with Crippen molar-refractivity contribution in [2.24, 2.45) is 11.8 Å². The van der Waals surface area contributed by atoms with Gasteiger partial charge < -0.3 is 30.8 Å². The highest BCUT2D eigenvalue weighted by Crippen LogP contribution is 2.39. The van der Waals surface area contributed by atoms with Crippen LogP contribution in [0.2, 0.25) is 0 Å². The molecular weight excluding hydrogens is 596 g/mol. The molecule has 0 bridgehead atoms. The number of hydrogen-bond acceptors (Lipinski definition) is 6. The first kappa shape index (κ1) is 31.4. The molecule has 4 atom stereocenters. The normalized spacial score (nSPS) is 26.0. The van der Waals surface area contributed by atoms with Crippen LogP contribution >= 0.6 is 0 Å². The summed E-state index contributed by atoms with van der Waals surface area (Å²) in [6.07, 6.45) is 5.70. The fraction of sp³-hybridized carbons (Fsp3) is 0.485. The summed E-state index contributed by atoms with van der Waals surface area (Å²) in [5, 5.41) is 26.4. The summed E-state index contributed by atoms with van der Waals surface area (Å²) in [5.74, 6) is -1.39. The highest BCUT2D eigenvalue weighted by molar-refractivity contribution is 7.86. The van der Waals surface area contributed by atoms with E-state index in [-0.39, 0.29) is 42.5 Å². The molecule has 12 heteroatoms. The Kier molecular flexibility index (Phi) is 8.36. The SMILES string of the molecule is C=CC1=C(C)[C@@H](Cc2[nH]c(Cc3[nH]c(/C=C4\NC(=O)[C@H](C)[C@H]4[C@H]4C[SH+]4)c(C)c3CCC(=O)O)c(CCC3(O)OO3)c2C)NC1=O. The summed E-state index contributed by atoms with van der Waals surface area (Å²) >= 11 is 1.37. The molecule has 0 spiro atoms. The Morgan fingerprint density at radius 2 is 1.78 bits per heavy atom. The Balaban J connectivity index is 1.35. The first-order valence-corrected chi connectivity index (χ1v) is 16.6. The van der Waals surface area contributed by atoms with E-state index in [0.29, 0.717) is 36.5 Å². The smallest absolute Gasteiger partial charge is 0.338 e. The number of H-pyrrole nitrogens is 2. The fourth-order valence-electron chi connectivity index (χ4n) is 6.89. The average molecular weight is 638 g/mol. The van der Waals surface area contributed by atoms with Gasteiger partial charge >= 0.3 is 11.9 Å². The lowest BCUT2D eigenvalue weighted by Crippen LogP contribution is -2.30. The molecule has 2 aromatic heterocycles. The van der Waals surface area contributed by atoms with Gasteiger partial charge in [-0.15, -0.1) is 0 Å². The van der Waals surface area contributed by atoms with Gasteiger partial charge in [-0.1, -0.05) is 19.6 Å². The third-order valence-electron chi connectivity index (χ3n) is 9.78. The van der Waals surface area contributed by atoms with Crippen molar-refractivity contribution in [2.75, 3.05) is 5.75 Å². The Labute approximate surface area is 265 Å². The van der Waals surface area contributed by atoms with Gasteiger partial charge in [0.2, 0.25) is 5.91 Å². The number of aromatic nitrogens is 2. The van der Waals surface area contributed by atoms with Crippen molar-refractivity contribution >= 4 is 35.6 Å².